The van der Waals surface area contributed by atoms with E-state index in [1.807, 2.05) is 23.8 Å². The smallest absolute Gasteiger partial charge is 0.335 e. The van der Waals surface area contributed by atoms with Crippen LogP contribution >= 0.6 is 0 Å². The number of fused-ring (bicyclic) bond motifs is 1. The van der Waals surface area contributed by atoms with Gasteiger partial charge in [-0.15, -0.1) is 0 Å². The van der Waals surface area contributed by atoms with Gasteiger partial charge in [0.05, 0.1) is 16.6 Å². The first-order valence-electron chi connectivity index (χ1n) is 5.97. The standard InChI is InChI=1S/C13H17N3O2/c1-4-5-12-14-10-7-6-9(13(17)18)8-11(10)16(12)15(2)3/h6-8H,4-5H2,1-3H3,(H,17,18). The summed E-state index contributed by atoms with van der Waals surface area (Å²) < 4.78 is 1.96. The Kier molecular flexibility index (Phi) is 3.23. The van der Waals surface area contributed by atoms with Crippen LogP contribution in [0, 0.1) is 0 Å². The number of imidazole rings is 1. The number of carboxylic acid groups (broad SMARTS) is 1. The van der Waals surface area contributed by atoms with Gasteiger partial charge in [0.2, 0.25) is 0 Å². The highest BCUT2D eigenvalue weighted by atomic mass is 16.4. The van der Waals surface area contributed by atoms with Crippen molar-refractivity contribution in [1.29, 1.82) is 0 Å². The quantitative estimate of drug-likeness (QED) is 0.896. The molecule has 0 fully saturated rings. The average Bonchev–Trinajstić information content (AvgIpc) is 2.66. The molecule has 0 aliphatic rings. The molecule has 18 heavy (non-hydrogen) atoms. The average molecular weight is 247 g/mol. The number of aryl methyl sites for hydroxylation is 1. The number of hydrogen-bond acceptors (Lipinski definition) is 3. The van der Waals surface area contributed by atoms with Crippen LogP contribution in [0.2, 0.25) is 0 Å². The molecule has 5 nitrogen and oxygen atoms in total. The molecule has 0 aliphatic heterocycles. The maximum Gasteiger partial charge on any atom is 0.335 e. The minimum absolute atomic E-state index is 0.286. The Hall–Kier alpha value is -2.04. The number of nitrogens with zero attached hydrogens (tertiary/aromatic N) is 3. The molecule has 0 saturated heterocycles. The second kappa shape index (κ2) is 4.68. The van der Waals surface area contributed by atoms with Gasteiger partial charge in [0.25, 0.3) is 0 Å². The highest BCUT2D eigenvalue weighted by molar-refractivity contribution is 5.92. The summed E-state index contributed by atoms with van der Waals surface area (Å²) in [5.41, 5.74) is 1.95. The number of carboxylic acids is 1. The maximum absolute atomic E-state index is 11.0. The Morgan fingerprint density at radius 3 is 2.72 bits per heavy atom. The topological polar surface area (TPSA) is 58.4 Å². The van der Waals surface area contributed by atoms with Crippen LogP contribution in [0.15, 0.2) is 18.2 Å². The third-order valence-electron chi connectivity index (χ3n) is 2.82. The maximum atomic E-state index is 11.0. The molecule has 0 aliphatic carbocycles. The largest absolute Gasteiger partial charge is 0.478 e. The zero-order valence-electron chi connectivity index (χ0n) is 10.8. The van der Waals surface area contributed by atoms with Crippen molar-refractivity contribution in [2.45, 2.75) is 19.8 Å². The van der Waals surface area contributed by atoms with E-state index in [-0.39, 0.29) is 5.56 Å². The monoisotopic (exact) mass is 247 g/mol. The highest BCUT2D eigenvalue weighted by Gasteiger charge is 2.13. The Labute approximate surface area is 106 Å². The van der Waals surface area contributed by atoms with Crippen molar-refractivity contribution in [3.63, 3.8) is 0 Å². The second-order valence-electron chi connectivity index (χ2n) is 4.45. The van der Waals surface area contributed by atoms with Crippen LogP contribution in [-0.2, 0) is 6.42 Å². The lowest BCUT2D eigenvalue weighted by Crippen LogP contribution is -2.26. The van der Waals surface area contributed by atoms with Crippen LogP contribution in [0.3, 0.4) is 0 Å². The molecule has 0 saturated carbocycles. The first kappa shape index (κ1) is 12.4. The Morgan fingerprint density at radius 2 is 2.17 bits per heavy atom. The Morgan fingerprint density at radius 1 is 1.44 bits per heavy atom. The van der Waals surface area contributed by atoms with Gasteiger partial charge in [0.15, 0.2) is 0 Å². The molecule has 0 spiro atoms. The van der Waals surface area contributed by atoms with Crippen molar-refractivity contribution in [1.82, 2.24) is 9.66 Å². The van der Waals surface area contributed by atoms with E-state index < -0.39 is 5.97 Å². The summed E-state index contributed by atoms with van der Waals surface area (Å²) in [6.07, 6.45) is 1.87. The minimum atomic E-state index is -0.916. The van der Waals surface area contributed by atoms with Crippen molar-refractivity contribution >= 4 is 17.0 Å². The molecule has 1 heterocycles. The summed E-state index contributed by atoms with van der Waals surface area (Å²) in [6.45, 7) is 2.10. The number of aromatic carboxylic acids is 1. The van der Waals surface area contributed by atoms with Gasteiger partial charge in [-0.1, -0.05) is 6.92 Å². The van der Waals surface area contributed by atoms with Crippen LogP contribution < -0.4 is 5.01 Å². The Balaban J connectivity index is 2.67. The molecule has 0 atom stereocenters. The van der Waals surface area contributed by atoms with E-state index in [1.54, 1.807) is 18.2 Å². The van der Waals surface area contributed by atoms with Gasteiger partial charge in [0.1, 0.15) is 5.82 Å². The fourth-order valence-corrected chi connectivity index (χ4v) is 2.08. The van der Waals surface area contributed by atoms with Crippen molar-refractivity contribution in [3.8, 4) is 0 Å². The summed E-state index contributed by atoms with van der Waals surface area (Å²) in [4.78, 5) is 15.6. The van der Waals surface area contributed by atoms with E-state index in [1.165, 1.54) is 0 Å². The van der Waals surface area contributed by atoms with Crippen molar-refractivity contribution in [2.75, 3.05) is 19.1 Å². The highest BCUT2D eigenvalue weighted by Crippen LogP contribution is 2.19. The SMILES string of the molecule is CCCc1nc2ccc(C(=O)O)cc2n1N(C)C. The minimum Gasteiger partial charge on any atom is -0.478 e. The summed E-state index contributed by atoms with van der Waals surface area (Å²) >= 11 is 0. The fourth-order valence-electron chi connectivity index (χ4n) is 2.08. The van der Waals surface area contributed by atoms with Gasteiger partial charge >= 0.3 is 5.97 Å². The van der Waals surface area contributed by atoms with E-state index in [9.17, 15) is 4.79 Å². The predicted molar refractivity (Wildman–Crippen MR) is 70.8 cm³/mol. The molecule has 96 valence electrons. The van der Waals surface area contributed by atoms with Crippen LogP contribution in [0.4, 0.5) is 0 Å². The summed E-state index contributed by atoms with van der Waals surface area (Å²) in [6, 6.07) is 5.02. The predicted octanol–water partition coefficient (Wildman–Crippen LogP) is 1.88. The number of benzene rings is 1. The molecule has 2 rings (SSSR count). The number of aromatic nitrogens is 2. The molecule has 0 radical (unpaired) electrons. The lowest BCUT2D eigenvalue weighted by Gasteiger charge is -2.18. The third-order valence-corrected chi connectivity index (χ3v) is 2.82. The molecular weight excluding hydrogens is 230 g/mol. The van der Waals surface area contributed by atoms with Gasteiger partial charge in [-0.25, -0.2) is 14.5 Å². The molecule has 2 aromatic rings. The molecule has 0 bridgehead atoms. The Bertz CT molecular complexity index is 587. The number of carbonyl (C=O) groups is 1. The number of hydrogen-bond donors (Lipinski definition) is 1. The molecule has 1 aromatic heterocycles. The van der Waals surface area contributed by atoms with Crippen LogP contribution in [0.1, 0.15) is 29.5 Å². The van der Waals surface area contributed by atoms with Crippen molar-refractivity contribution in [2.24, 2.45) is 0 Å². The zero-order chi connectivity index (χ0) is 13.3. The summed E-state index contributed by atoms with van der Waals surface area (Å²) in [5.74, 6) is 0.0421. The van der Waals surface area contributed by atoms with Crippen LogP contribution in [-0.4, -0.2) is 34.8 Å². The summed E-state index contributed by atoms with van der Waals surface area (Å²) in [7, 11) is 3.85. The molecule has 0 amide bonds. The van der Waals surface area contributed by atoms with Crippen LogP contribution in [0.25, 0.3) is 11.0 Å². The van der Waals surface area contributed by atoms with E-state index in [0.717, 1.165) is 29.7 Å². The fraction of sp³-hybridized carbons (Fsp3) is 0.385. The molecule has 1 aromatic carbocycles. The lowest BCUT2D eigenvalue weighted by atomic mass is 10.2. The molecule has 0 unspecified atom stereocenters. The first-order chi connectivity index (χ1) is 8.54. The summed E-state index contributed by atoms with van der Waals surface area (Å²) in [5, 5.41) is 11.0. The number of rotatable bonds is 4. The lowest BCUT2D eigenvalue weighted by molar-refractivity contribution is 0.0697. The van der Waals surface area contributed by atoms with E-state index in [2.05, 4.69) is 11.9 Å². The van der Waals surface area contributed by atoms with Gasteiger partial charge in [-0.3, -0.25) is 0 Å². The molecular formula is C13H17N3O2. The first-order valence-corrected chi connectivity index (χ1v) is 5.97. The second-order valence-corrected chi connectivity index (χ2v) is 4.45. The third kappa shape index (κ3) is 2.03. The zero-order valence-corrected chi connectivity index (χ0v) is 10.8. The van der Waals surface area contributed by atoms with E-state index >= 15 is 0 Å². The van der Waals surface area contributed by atoms with Gasteiger partial charge in [0, 0.05) is 20.5 Å². The van der Waals surface area contributed by atoms with Gasteiger partial charge in [-0.05, 0) is 24.6 Å². The van der Waals surface area contributed by atoms with E-state index in [4.69, 9.17) is 5.11 Å². The van der Waals surface area contributed by atoms with Crippen LogP contribution in [0.5, 0.6) is 0 Å². The van der Waals surface area contributed by atoms with Gasteiger partial charge in [-0.2, -0.15) is 0 Å². The molecule has 5 heteroatoms. The van der Waals surface area contributed by atoms with Crippen molar-refractivity contribution < 1.29 is 9.90 Å². The van der Waals surface area contributed by atoms with Crippen molar-refractivity contribution in [3.05, 3.63) is 29.6 Å². The van der Waals surface area contributed by atoms with E-state index in [0.29, 0.717) is 0 Å². The molecule has 1 N–H and O–H groups in total. The van der Waals surface area contributed by atoms with Gasteiger partial charge < -0.3 is 10.1 Å². The normalized spacial score (nSPS) is 10.8.